The molecular weight excluding hydrogens is 262 g/mol. The summed E-state index contributed by atoms with van der Waals surface area (Å²) in [4.78, 5) is 23.0. The summed E-state index contributed by atoms with van der Waals surface area (Å²) in [5.74, 6) is -0.978. The number of aromatic carboxylic acids is 1. The van der Waals surface area contributed by atoms with Crippen molar-refractivity contribution in [1.82, 2.24) is 0 Å². The molecular formula is C14H19NO5. The molecule has 6 nitrogen and oxygen atoms in total. The standard InChI is InChI=1S/C14H19NO5/c1-5-19-10-8-6-7-9(11(10)12(16)17)15-13(18)20-14(2,3)4/h6-8H,5H2,1-4H3,(H,15,18)(H,16,17). The number of ether oxygens (including phenoxy) is 2. The van der Waals surface area contributed by atoms with E-state index in [2.05, 4.69) is 5.32 Å². The zero-order valence-corrected chi connectivity index (χ0v) is 12.0. The largest absolute Gasteiger partial charge is 0.493 e. The molecule has 0 fully saturated rings. The first-order chi connectivity index (χ1) is 9.24. The Labute approximate surface area is 117 Å². The summed E-state index contributed by atoms with van der Waals surface area (Å²) < 4.78 is 10.3. The molecule has 0 heterocycles. The highest BCUT2D eigenvalue weighted by atomic mass is 16.6. The Balaban J connectivity index is 3.03. The Morgan fingerprint density at radius 3 is 2.45 bits per heavy atom. The molecule has 2 N–H and O–H groups in total. The molecule has 110 valence electrons. The number of carboxylic acids is 1. The second-order valence-electron chi connectivity index (χ2n) is 5.04. The number of nitrogens with one attached hydrogen (secondary N) is 1. The maximum Gasteiger partial charge on any atom is 0.412 e. The van der Waals surface area contributed by atoms with E-state index in [1.807, 2.05) is 0 Å². The van der Waals surface area contributed by atoms with Gasteiger partial charge in [-0.2, -0.15) is 0 Å². The fraction of sp³-hybridized carbons (Fsp3) is 0.429. The van der Waals surface area contributed by atoms with E-state index in [1.165, 1.54) is 12.1 Å². The molecule has 20 heavy (non-hydrogen) atoms. The first-order valence-electron chi connectivity index (χ1n) is 6.23. The molecule has 1 amide bonds. The lowest BCUT2D eigenvalue weighted by Gasteiger charge is -2.20. The van der Waals surface area contributed by atoms with E-state index in [-0.39, 0.29) is 17.0 Å². The van der Waals surface area contributed by atoms with Crippen LogP contribution in [-0.2, 0) is 4.74 Å². The van der Waals surface area contributed by atoms with Crippen molar-refractivity contribution in [3.8, 4) is 5.75 Å². The normalized spacial score (nSPS) is 10.8. The predicted octanol–water partition coefficient (Wildman–Crippen LogP) is 3.13. The number of carbonyl (C=O) groups excluding carboxylic acids is 1. The van der Waals surface area contributed by atoms with Gasteiger partial charge in [0.2, 0.25) is 0 Å². The Hall–Kier alpha value is -2.24. The van der Waals surface area contributed by atoms with Gasteiger partial charge in [0, 0.05) is 0 Å². The molecule has 0 atom stereocenters. The number of hydrogen-bond acceptors (Lipinski definition) is 4. The average molecular weight is 281 g/mol. The molecule has 1 aromatic carbocycles. The van der Waals surface area contributed by atoms with Crippen molar-refractivity contribution < 1.29 is 24.2 Å². The van der Waals surface area contributed by atoms with Gasteiger partial charge in [-0.1, -0.05) is 6.07 Å². The van der Waals surface area contributed by atoms with Crippen LogP contribution in [0.25, 0.3) is 0 Å². The van der Waals surface area contributed by atoms with Crippen molar-refractivity contribution in [1.29, 1.82) is 0 Å². The summed E-state index contributed by atoms with van der Waals surface area (Å²) >= 11 is 0. The Kier molecular flexibility index (Phi) is 4.96. The van der Waals surface area contributed by atoms with Crippen molar-refractivity contribution in [2.75, 3.05) is 11.9 Å². The minimum absolute atomic E-state index is 0.0970. The van der Waals surface area contributed by atoms with Crippen LogP contribution in [0.4, 0.5) is 10.5 Å². The molecule has 0 saturated heterocycles. The first-order valence-corrected chi connectivity index (χ1v) is 6.23. The third-order valence-electron chi connectivity index (χ3n) is 2.18. The van der Waals surface area contributed by atoms with Crippen LogP contribution in [0.1, 0.15) is 38.1 Å². The lowest BCUT2D eigenvalue weighted by Crippen LogP contribution is -2.27. The SMILES string of the molecule is CCOc1cccc(NC(=O)OC(C)(C)C)c1C(=O)O. The zero-order chi connectivity index (χ0) is 15.3. The molecule has 6 heteroatoms. The van der Waals surface area contributed by atoms with Gasteiger partial charge in [-0.05, 0) is 39.8 Å². The van der Waals surface area contributed by atoms with Crippen LogP contribution in [0.5, 0.6) is 5.75 Å². The van der Waals surface area contributed by atoms with Crippen molar-refractivity contribution >= 4 is 17.7 Å². The number of hydrogen-bond donors (Lipinski definition) is 2. The summed E-state index contributed by atoms with van der Waals surface area (Å²) in [5.41, 5.74) is -0.622. The van der Waals surface area contributed by atoms with E-state index in [0.29, 0.717) is 6.61 Å². The van der Waals surface area contributed by atoms with Crippen molar-refractivity contribution in [3.05, 3.63) is 23.8 Å². The second kappa shape index (κ2) is 6.27. The molecule has 0 spiro atoms. The second-order valence-corrected chi connectivity index (χ2v) is 5.04. The molecule has 0 aromatic heterocycles. The third-order valence-corrected chi connectivity index (χ3v) is 2.18. The highest BCUT2D eigenvalue weighted by molar-refractivity contribution is 6.01. The quantitative estimate of drug-likeness (QED) is 0.885. The summed E-state index contributed by atoms with van der Waals surface area (Å²) in [6.07, 6.45) is -0.714. The highest BCUT2D eigenvalue weighted by Gasteiger charge is 2.21. The fourth-order valence-electron chi connectivity index (χ4n) is 1.55. The molecule has 0 saturated carbocycles. The van der Waals surface area contributed by atoms with Gasteiger partial charge in [0.1, 0.15) is 16.9 Å². The Morgan fingerprint density at radius 2 is 1.95 bits per heavy atom. The smallest absolute Gasteiger partial charge is 0.412 e. The summed E-state index contributed by atoms with van der Waals surface area (Å²) in [7, 11) is 0. The molecule has 1 aromatic rings. The van der Waals surface area contributed by atoms with Crippen molar-refractivity contribution in [2.24, 2.45) is 0 Å². The molecule has 1 rings (SSSR count). The first kappa shape index (κ1) is 15.8. The van der Waals surface area contributed by atoms with E-state index < -0.39 is 17.7 Å². The summed E-state index contributed by atoms with van der Waals surface area (Å²) in [6, 6.07) is 4.62. The van der Waals surface area contributed by atoms with Crippen LogP contribution in [-0.4, -0.2) is 29.4 Å². The minimum atomic E-state index is -1.18. The Bertz CT molecular complexity index is 505. The summed E-state index contributed by atoms with van der Waals surface area (Å²) in [5, 5.41) is 11.7. The van der Waals surface area contributed by atoms with Gasteiger partial charge in [-0.3, -0.25) is 5.32 Å². The molecule has 0 aliphatic rings. The highest BCUT2D eigenvalue weighted by Crippen LogP contribution is 2.27. The van der Waals surface area contributed by atoms with Crippen LogP contribution < -0.4 is 10.1 Å². The number of amides is 1. The lowest BCUT2D eigenvalue weighted by molar-refractivity contribution is 0.0636. The predicted molar refractivity (Wildman–Crippen MR) is 74.4 cm³/mol. The molecule has 0 unspecified atom stereocenters. The van der Waals surface area contributed by atoms with Gasteiger partial charge in [-0.15, -0.1) is 0 Å². The number of rotatable bonds is 4. The van der Waals surface area contributed by atoms with Crippen LogP contribution in [0, 0.1) is 0 Å². The fourth-order valence-corrected chi connectivity index (χ4v) is 1.55. The van der Waals surface area contributed by atoms with Gasteiger partial charge in [0.15, 0.2) is 0 Å². The third kappa shape index (κ3) is 4.46. The van der Waals surface area contributed by atoms with Crippen LogP contribution in [0.15, 0.2) is 18.2 Å². The molecule has 0 aliphatic heterocycles. The van der Waals surface area contributed by atoms with Gasteiger partial charge in [0.05, 0.1) is 12.3 Å². The maximum absolute atomic E-state index is 11.7. The summed E-state index contributed by atoms with van der Waals surface area (Å²) in [6.45, 7) is 7.25. The zero-order valence-electron chi connectivity index (χ0n) is 12.0. The lowest BCUT2D eigenvalue weighted by atomic mass is 10.1. The van der Waals surface area contributed by atoms with E-state index >= 15 is 0 Å². The van der Waals surface area contributed by atoms with E-state index in [9.17, 15) is 14.7 Å². The van der Waals surface area contributed by atoms with Crippen molar-refractivity contribution in [3.63, 3.8) is 0 Å². The van der Waals surface area contributed by atoms with Gasteiger partial charge in [0.25, 0.3) is 0 Å². The number of anilines is 1. The van der Waals surface area contributed by atoms with Gasteiger partial charge in [-0.25, -0.2) is 9.59 Å². The number of benzene rings is 1. The van der Waals surface area contributed by atoms with Crippen LogP contribution in [0.2, 0.25) is 0 Å². The number of carbonyl (C=O) groups is 2. The molecule has 0 radical (unpaired) electrons. The van der Waals surface area contributed by atoms with Crippen molar-refractivity contribution in [2.45, 2.75) is 33.3 Å². The van der Waals surface area contributed by atoms with Crippen LogP contribution >= 0.6 is 0 Å². The molecule has 0 aliphatic carbocycles. The maximum atomic E-state index is 11.7. The van der Waals surface area contributed by atoms with Crippen LogP contribution in [0.3, 0.4) is 0 Å². The topological polar surface area (TPSA) is 84.9 Å². The Morgan fingerprint density at radius 1 is 1.30 bits per heavy atom. The molecule has 0 bridgehead atoms. The van der Waals surface area contributed by atoms with Gasteiger partial charge < -0.3 is 14.6 Å². The van der Waals surface area contributed by atoms with E-state index in [0.717, 1.165) is 0 Å². The van der Waals surface area contributed by atoms with Gasteiger partial charge >= 0.3 is 12.1 Å². The van der Waals surface area contributed by atoms with E-state index in [4.69, 9.17) is 9.47 Å². The average Bonchev–Trinajstić information content (AvgIpc) is 2.26. The monoisotopic (exact) mass is 281 g/mol. The number of carboxylic acid groups (broad SMARTS) is 1. The minimum Gasteiger partial charge on any atom is -0.493 e. The van der Waals surface area contributed by atoms with E-state index in [1.54, 1.807) is 33.8 Å².